The topological polar surface area (TPSA) is 66.6 Å². The van der Waals surface area contributed by atoms with Crippen LogP contribution in [0.3, 0.4) is 0 Å². The second-order valence-corrected chi connectivity index (χ2v) is 4.70. The van der Waals surface area contributed by atoms with Gasteiger partial charge in [0.05, 0.1) is 0 Å². The van der Waals surface area contributed by atoms with E-state index in [0.29, 0.717) is 31.5 Å². The monoisotopic (exact) mass is 281 g/mol. The molecule has 5 heteroatoms. The van der Waals surface area contributed by atoms with E-state index in [1.807, 2.05) is 6.92 Å². The van der Waals surface area contributed by atoms with Crippen LogP contribution in [0.4, 0.5) is 0 Å². The summed E-state index contributed by atoms with van der Waals surface area (Å²) >= 11 is 0. The Bertz CT molecular complexity index is 353. The Morgan fingerprint density at radius 2 is 2.20 bits per heavy atom. The van der Waals surface area contributed by atoms with Crippen LogP contribution in [0, 0.1) is 0 Å². The van der Waals surface area contributed by atoms with Gasteiger partial charge < -0.3 is 15.5 Å². The van der Waals surface area contributed by atoms with Gasteiger partial charge in [0.2, 0.25) is 11.8 Å². The third-order valence-corrected chi connectivity index (χ3v) is 3.10. The number of nitrogens with zero attached hydrogens (tertiary/aromatic N) is 2. The molecule has 0 saturated carbocycles. The molecule has 1 aliphatic rings. The molecule has 0 aromatic rings. The predicted octanol–water partition coefficient (Wildman–Crippen LogP) is 1.51. The fourth-order valence-electron chi connectivity index (χ4n) is 1.71. The zero-order valence-electron chi connectivity index (χ0n) is 12.7. The zero-order valence-corrected chi connectivity index (χ0v) is 12.7. The van der Waals surface area contributed by atoms with Crippen molar-refractivity contribution in [1.82, 2.24) is 9.80 Å². The molecule has 0 unspecified atom stereocenters. The van der Waals surface area contributed by atoms with Gasteiger partial charge in [0.15, 0.2) is 0 Å². The van der Waals surface area contributed by atoms with Crippen molar-refractivity contribution in [2.45, 2.75) is 32.6 Å². The van der Waals surface area contributed by atoms with E-state index in [9.17, 15) is 9.59 Å². The van der Waals surface area contributed by atoms with Crippen LogP contribution in [-0.2, 0) is 9.59 Å². The Hall–Kier alpha value is -1.62. The molecule has 1 fully saturated rings. The lowest BCUT2D eigenvalue weighted by molar-refractivity contribution is -0.126. The van der Waals surface area contributed by atoms with Crippen LogP contribution in [0.2, 0.25) is 0 Å². The Labute approximate surface area is 122 Å². The third kappa shape index (κ3) is 6.52. The van der Waals surface area contributed by atoms with Crippen molar-refractivity contribution in [2.24, 2.45) is 5.73 Å². The van der Waals surface area contributed by atoms with E-state index in [0.717, 1.165) is 19.4 Å². The number of rotatable bonds is 6. The molecule has 1 rings (SSSR count). The lowest BCUT2D eigenvalue weighted by Crippen LogP contribution is -2.29. The highest BCUT2D eigenvalue weighted by atomic mass is 16.2. The molecule has 1 aliphatic heterocycles. The van der Waals surface area contributed by atoms with Gasteiger partial charge in [-0.2, -0.15) is 0 Å². The van der Waals surface area contributed by atoms with Gasteiger partial charge in [0, 0.05) is 32.1 Å². The molecular weight excluding hydrogens is 254 g/mol. The molecule has 0 spiro atoms. The van der Waals surface area contributed by atoms with Gasteiger partial charge in [-0.3, -0.25) is 9.59 Å². The minimum absolute atomic E-state index is 0.0333. The summed E-state index contributed by atoms with van der Waals surface area (Å²) in [5.41, 5.74) is 5.99. The highest BCUT2D eigenvalue weighted by Crippen LogP contribution is 2.08. The van der Waals surface area contributed by atoms with E-state index in [2.05, 4.69) is 13.2 Å². The summed E-state index contributed by atoms with van der Waals surface area (Å²) in [6, 6.07) is 0. The summed E-state index contributed by atoms with van der Waals surface area (Å²) < 4.78 is 0. The standard InChI is InChI=1S/C9H18N2O.C6H9NO/c1-4-8(2)9(12)11(3)7-5-6-10;1-2-7-5-3-4-6(7)8/h2,4-7,10H2,1,3H3;2H,1,3-5H2. The van der Waals surface area contributed by atoms with E-state index in [4.69, 9.17) is 5.73 Å². The fourth-order valence-corrected chi connectivity index (χ4v) is 1.71. The van der Waals surface area contributed by atoms with Gasteiger partial charge in [0.25, 0.3) is 0 Å². The van der Waals surface area contributed by atoms with E-state index in [-0.39, 0.29) is 11.8 Å². The van der Waals surface area contributed by atoms with Gasteiger partial charge in [-0.15, -0.1) is 0 Å². The SMILES string of the molecule is C=C(CC)C(=O)N(C)CCCN.C=CN1CCCC1=O. The maximum absolute atomic E-state index is 11.4. The third-order valence-electron chi connectivity index (χ3n) is 3.10. The Morgan fingerprint density at radius 1 is 1.55 bits per heavy atom. The van der Waals surface area contributed by atoms with Crippen LogP contribution in [0.25, 0.3) is 0 Å². The Balaban J connectivity index is 0.000000388. The summed E-state index contributed by atoms with van der Waals surface area (Å²) in [6.07, 6.45) is 4.84. The molecule has 1 heterocycles. The lowest BCUT2D eigenvalue weighted by Gasteiger charge is -2.17. The molecule has 5 nitrogen and oxygen atoms in total. The molecule has 0 bridgehead atoms. The lowest BCUT2D eigenvalue weighted by atomic mass is 10.2. The Morgan fingerprint density at radius 3 is 2.55 bits per heavy atom. The zero-order chi connectivity index (χ0) is 15.5. The highest BCUT2D eigenvalue weighted by molar-refractivity contribution is 5.92. The van der Waals surface area contributed by atoms with Gasteiger partial charge in [-0.1, -0.05) is 20.1 Å². The molecule has 0 atom stereocenters. The van der Waals surface area contributed by atoms with Crippen molar-refractivity contribution in [3.8, 4) is 0 Å². The van der Waals surface area contributed by atoms with Crippen molar-refractivity contribution >= 4 is 11.8 Å². The van der Waals surface area contributed by atoms with Gasteiger partial charge in [-0.05, 0) is 32.0 Å². The summed E-state index contributed by atoms with van der Waals surface area (Å²) in [7, 11) is 1.78. The number of likely N-dealkylation sites (N-methyl/N-ethyl adjacent to an activating group) is 1. The first-order valence-electron chi connectivity index (χ1n) is 7.03. The van der Waals surface area contributed by atoms with E-state index in [1.165, 1.54) is 0 Å². The first-order valence-corrected chi connectivity index (χ1v) is 7.03. The number of hydrogen-bond acceptors (Lipinski definition) is 3. The van der Waals surface area contributed by atoms with E-state index >= 15 is 0 Å². The van der Waals surface area contributed by atoms with Crippen LogP contribution in [0.1, 0.15) is 32.6 Å². The maximum atomic E-state index is 11.4. The molecule has 20 heavy (non-hydrogen) atoms. The normalized spacial score (nSPS) is 13.6. The summed E-state index contributed by atoms with van der Waals surface area (Å²) in [5.74, 6) is 0.242. The van der Waals surface area contributed by atoms with Gasteiger partial charge in [0.1, 0.15) is 0 Å². The minimum atomic E-state index is 0.0333. The summed E-state index contributed by atoms with van der Waals surface area (Å²) in [5, 5.41) is 0. The first-order chi connectivity index (χ1) is 9.47. The van der Waals surface area contributed by atoms with Gasteiger partial charge in [-0.25, -0.2) is 0 Å². The molecule has 2 amide bonds. The number of amides is 2. The first kappa shape index (κ1) is 18.4. The van der Waals surface area contributed by atoms with E-state index < -0.39 is 0 Å². The highest BCUT2D eigenvalue weighted by Gasteiger charge is 2.16. The molecule has 0 aliphatic carbocycles. The minimum Gasteiger partial charge on any atom is -0.342 e. The molecule has 0 radical (unpaired) electrons. The molecule has 0 aromatic heterocycles. The molecule has 2 N–H and O–H groups in total. The maximum Gasteiger partial charge on any atom is 0.248 e. The largest absolute Gasteiger partial charge is 0.342 e. The quantitative estimate of drug-likeness (QED) is 0.751. The van der Waals surface area contributed by atoms with Crippen molar-refractivity contribution in [3.05, 3.63) is 24.9 Å². The number of carbonyl (C=O) groups excluding carboxylic acids is 2. The van der Waals surface area contributed by atoms with E-state index in [1.54, 1.807) is 23.0 Å². The summed E-state index contributed by atoms with van der Waals surface area (Å²) in [4.78, 5) is 25.3. The number of hydrogen-bond donors (Lipinski definition) is 1. The van der Waals surface area contributed by atoms with Crippen molar-refractivity contribution < 1.29 is 9.59 Å². The van der Waals surface area contributed by atoms with Crippen LogP contribution in [0.5, 0.6) is 0 Å². The number of carbonyl (C=O) groups is 2. The molecule has 0 aromatic carbocycles. The van der Waals surface area contributed by atoms with Crippen LogP contribution in [0.15, 0.2) is 24.9 Å². The van der Waals surface area contributed by atoms with Crippen molar-refractivity contribution in [1.29, 1.82) is 0 Å². The fraction of sp³-hybridized carbons (Fsp3) is 0.600. The second-order valence-electron chi connectivity index (χ2n) is 4.70. The average molecular weight is 281 g/mol. The smallest absolute Gasteiger partial charge is 0.248 e. The Kier molecular flexibility index (Phi) is 9.38. The number of likely N-dealkylation sites (tertiary alicyclic amines) is 1. The molecular formula is C15H27N3O2. The molecule has 114 valence electrons. The van der Waals surface area contributed by atoms with Crippen LogP contribution < -0.4 is 5.73 Å². The number of nitrogens with two attached hydrogens (primary N) is 1. The van der Waals surface area contributed by atoms with Crippen LogP contribution in [-0.4, -0.2) is 48.3 Å². The van der Waals surface area contributed by atoms with Gasteiger partial charge >= 0.3 is 0 Å². The second kappa shape index (κ2) is 10.2. The summed E-state index contributed by atoms with van der Waals surface area (Å²) in [6.45, 7) is 11.3. The average Bonchev–Trinajstić information content (AvgIpc) is 2.88. The van der Waals surface area contributed by atoms with Crippen molar-refractivity contribution in [2.75, 3.05) is 26.7 Å². The van der Waals surface area contributed by atoms with Crippen LogP contribution >= 0.6 is 0 Å². The predicted molar refractivity (Wildman–Crippen MR) is 81.9 cm³/mol. The van der Waals surface area contributed by atoms with Crippen molar-refractivity contribution in [3.63, 3.8) is 0 Å². The molecule has 1 saturated heterocycles.